The van der Waals surface area contributed by atoms with E-state index in [1.165, 1.54) is 35.6 Å². The van der Waals surface area contributed by atoms with Crippen molar-refractivity contribution in [1.82, 2.24) is 5.43 Å². The maximum Gasteiger partial charge on any atom is 0.416 e. The molecule has 0 aliphatic carbocycles. The van der Waals surface area contributed by atoms with Gasteiger partial charge in [-0.3, -0.25) is 4.31 Å². The van der Waals surface area contributed by atoms with Crippen LogP contribution in [0.5, 0.6) is 0 Å². The zero-order valence-electron chi connectivity index (χ0n) is 18.3. The predicted octanol–water partition coefficient (Wildman–Crippen LogP) is 4.57. The molecule has 4 rings (SSSR count). The standard InChI is InChI=1S/C24H23F3N4O2S/c1-31(21-5-3-2-4-6-21)34(32,33)22-13-11-20(12-14-22)28-15-18-16-29-30-23(18)17-7-9-19(10-8-17)24(25,26)27/h2-14,18,28-29H,15-16H2,1H3. The second-order valence-electron chi connectivity index (χ2n) is 7.84. The molecule has 0 saturated carbocycles. The van der Waals surface area contributed by atoms with Gasteiger partial charge >= 0.3 is 6.18 Å². The van der Waals surface area contributed by atoms with Gasteiger partial charge in [-0.15, -0.1) is 0 Å². The summed E-state index contributed by atoms with van der Waals surface area (Å²) in [6.07, 6.45) is -4.38. The van der Waals surface area contributed by atoms with E-state index < -0.39 is 21.8 Å². The van der Waals surface area contributed by atoms with Gasteiger partial charge in [-0.25, -0.2) is 8.42 Å². The van der Waals surface area contributed by atoms with Crippen molar-refractivity contribution < 1.29 is 21.6 Å². The zero-order chi connectivity index (χ0) is 24.3. The van der Waals surface area contributed by atoms with E-state index in [0.29, 0.717) is 30.1 Å². The summed E-state index contributed by atoms with van der Waals surface area (Å²) < 4.78 is 65.5. The Hall–Kier alpha value is -3.53. The predicted molar refractivity (Wildman–Crippen MR) is 126 cm³/mol. The SMILES string of the molecule is CN(c1ccccc1)S(=O)(=O)c1ccc(NCC2CNN=C2c2ccc(C(F)(F)F)cc2)cc1. The van der Waals surface area contributed by atoms with Crippen molar-refractivity contribution in [2.75, 3.05) is 29.8 Å². The molecule has 0 radical (unpaired) electrons. The number of halogens is 3. The minimum absolute atomic E-state index is 0.0654. The largest absolute Gasteiger partial charge is 0.416 e. The van der Waals surface area contributed by atoms with Gasteiger partial charge in [0.1, 0.15) is 0 Å². The van der Waals surface area contributed by atoms with Gasteiger partial charge in [0.2, 0.25) is 0 Å². The Labute approximate surface area is 196 Å². The minimum atomic E-state index is -4.38. The fraction of sp³-hybridized carbons (Fsp3) is 0.208. The maximum atomic E-state index is 12.9. The van der Waals surface area contributed by atoms with Crippen molar-refractivity contribution in [3.8, 4) is 0 Å². The normalized spacial score (nSPS) is 16.0. The van der Waals surface area contributed by atoms with E-state index in [2.05, 4.69) is 15.8 Å². The summed E-state index contributed by atoms with van der Waals surface area (Å²) in [7, 11) is -2.20. The highest BCUT2D eigenvalue weighted by Crippen LogP contribution is 2.30. The van der Waals surface area contributed by atoms with Crippen LogP contribution in [0.15, 0.2) is 88.9 Å². The van der Waals surface area contributed by atoms with Gasteiger partial charge < -0.3 is 10.7 Å². The second-order valence-corrected chi connectivity index (χ2v) is 9.81. The van der Waals surface area contributed by atoms with Crippen molar-refractivity contribution in [1.29, 1.82) is 0 Å². The van der Waals surface area contributed by atoms with Crippen LogP contribution in [0.25, 0.3) is 0 Å². The molecular weight excluding hydrogens is 465 g/mol. The van der Waals surface area contributed by atoms with Crippen LogP contribution in [0.1, 0.15) is 11.1 Å². The first-order chi connectivity index (χ1) is 16.2. The topological polar surface area (TPSA) is 73.8 Å². The Morgan fingerprint density at radius 2 is 1.65 bits per heavy atom. The zero-order valence-corrected chi connectivity index (χ0v) is 19.1. The fourth-order valence-electron chi connectivity index (χ4n) is 3.65. The monoisotopic (exact) mass is 488 g/mol. The van der Waals surface area contributed by atoms with Gasteiger partial charge in [0, 0.05) is 31.7 Å². The van der Waals surface area contributed by atoms with Crippen LogP contribution >= 0.6 is 0 Å². The van der Waals surface area contributed by atoms with Crippen molar-refractivity contribution in [2.24, 2.45) is 11.0 Å². The van der Waals surface area contributed by atoms with Crippen LogP contribution in [-0.2, 0) is 16.2 Å². The molecule has 2 N–H and O–H groups in total. The Kier molecular flexibility index (Phi) is 6.52. The van der Waals surface area contributed by atoms with E-state index in [9.17, 15) is 21.6 Å². The molecule has 0 amide bonds. The number of benzene rings is 3. The number of para-hydroxylation sites is 1. The van der Waals surface area contributed by atoms with Gasteiger partial charge in [0.25, 0.3) is 10.0 Å². The smallest absolute Gasteiger partial charge is 0.384 e. The summed E-state index contributed by atoms with van der Waals surface area (Å²) in [6.45, 7) is 1.01. The number of nitrogens with one attached hydrogen (secondary N) is 2. The van der Waals surface area contributed by atoms with E-state index in [1.54, 1.807) is 36.4 Å². The second kappa shape index (κ2) is 9.38. The molecule has 3 aromatic rings. The highest BCUT2D eigenvalue weighted by atomic mass is 32.2. The van der Waals surface area contributed by atoms with E-state index >= 15 is 0 Å². The van der Waals surface area contributed by atoms with Crippen molar-refractivity contribution >= 4 is 27.1 Å². The molecule has 178 valence electrons. The van der Waals surface area contributed by atoms with Crippen molar-refractivity contribution in [3.05, 3.63) is 90.0 Å². The first-order valence-electron chi connectivity index (χ1n) is 10.5. The van der Waals surface area contributed by atoms with E-state index in [-0.39, 0.29) is 10.8 Å². The van der Waals surface area contributed by atoms with E-state index in [0.717, 1.165) is 17.8 Å². The van der Waals surface area contributed by atoms with Crippen LogP contribution in [0.2, 0.25) is 0 Å². The molecule has 0 fully saturated rings. The average molecular weight is 489 g/mol. The summed E-state index contributed by atoms with van der Waals surface area (Å²) in [4.78, 5) is 0.166. The number of sulfonamides is 1. The molecule has 34 heavy (non-hydrogen) atoms. The number of hydrogen-bond acceptors (Lipinski definition) is 5. The van der Waals surface area contributed by atoms with Crippen LogP contribution in [0.3, 0.4) is 0 Å². The molecule has 1 aliphatic heterocycles. The number of rotatable bonds is 7. The van der Waals surface area contributed by atoms with Gasteiger partial charge in [-0.2, -0.15) is 18.3 Å². The Balaban J connectivity index is 1.41. The molecular formula is C24H23F3N4O2S. The van der Waals surface area contributed by atoms with E-state index in [1.807, 2.05) is 6.07 Å². The van der Waals surface area contributed by atoms with Crippen LogP contribution < -0.4 is 15.0 Å². The molecule has 1 heterocycles. The number of alkyl halides is 3. The lowest BCUT2D eigenvalue weighted by atomic mass is 9.96. The Morgan fingerprint density at radius 1 is 1.00 bits per heavy atom. The van der Waals surface area contributed by atoms with Gasteiger partial charge in [-0.1, -0.05) is 30.3 Å². The average Bonchev–Trinajstić information content (AvgIpc) is 3.31. The number of nitrogens with zero attached hydrogens (tertiary/aromatic N) is 2. The third-order valence-corrected chi connectivity index (χ3v) is 7.42. The molecule has 0 bridgehead atoms. The van der Waals surface area contributed by atoms with Gasteiger partial charge in [0.05, 0.1) is 21.9 Å². The van der Waals surface area contributed by atoms with Crippen LogP contribution in [-0.4, -0.2) is 34.3 Å². The van der Waals surface area contributed by atoms with Crippen LogP contribution in [0, 0.1) is 5.92 Å². The number of hydrazone groups is 1. The minimum Gasteiger partial charge on any atom is -0.384 e. The lowest BCUT2D eigenvalue weighted by Crippen LogP contribution is -2.26. The summed E-state index contributed by atoms with van der Waals surface area (Å²) in [5.41, 5.74) is 4.77. The molecule has 6 nitrogen and oxygen atoms in total. The number of hydrogen-bond donors (Lipinski definition) is 2. The van der Waals surface area contributed by atoms with Crippen molar-refractivity contribution in [2.45, 2.75) is 11.1 Å². The van der Waals surface area contributed by atoms with E-state index in [4.69, 9.17) is 0 Å². The lowest BCUT2D eigenvalue weighted by Gasteiger charge is -2.20. The maximum absolute atomic E-state index is 12.9. The first kappa shape index (κ1) is 23.6. The Bertz CT molecular complexity index is 1260. The molecule has 1 aliphatic rings. The summed E-state index contributed by atoms with van der Waals surface area (Å²) >= 11 is 0. The lowest BCUT2D eigenvalue weighted by molar-refractivity contribution is -0.137. The van der Waals surface area contributed by atoms with Crippen molar-refractivity contribution in [3.63, 3.8) is 0 Å². The summed E-state index contributed by atoms with van der Waals surface area (Å²) in [5, 5.41) is 7.50. The third-order valence-electron chi connectivity index (χ3n) is 5.62. The molecule has 0 aromatic heterocycles. The number of anilines is 2. The molecule has 3 aromatic carbocycles. The molecule has 0 spiro atoms. The molecule has 1 unspecified atom stereocenters. The molecule has 1 atom stereocenters. The molecule has 0 saturated heterocycles. The fourth-order valence-corrected chi connectivity index (χ4v) is 4.84. The van der Waals surface area contributed by atoms with Crippen LogP contribution in [0.4, 0.5) is 24.5 Å². The summed E-state index contributed by atoms with van der Waals surface area (Å²) in [5.74, 6) is -0.0654. The Morgan fingerprint density at radius 3 is 2.26 bits per heavy atom. The third kappa shape index (κ3) is 5.01. The highest BCUT2D eigenvalue weighted by molar-refractivity contribution is 7.92. The molecule has 10 heteroatoms. The van der Waals surface area contributed by atoms with Gasteiger partial charge in [-0.05, 0) is 54.1 Å². The first-order valence-corrected chi connectivity index (χ1v) is 12.0. The highest BCUT2D eigenvalue weighted by Gasteiger charge is 2.31. The van der Waals surface area contributed by atoms with Gasteiger partial charge in [0.15, 0.2) is 0 Å². The summed E-state index contributed by atoms with van der Waals surface area (Å²) in [6, 6.07) is 20.2. The quantitative estimate of drug-likeness (QED) is 0.511.